The minimum atomic E-state index is -3.83. The van der Waals surface area contributed by atoms with E-state index in [9.17, 15) is 13.2 Å². The van der Waals surface area contributed by atoms with Crippen LogP contribution in [0.4, 0.5) is 0 Å². The SMILES string of the molecule is Cc1ccc(S(=O)(=O)N=C=O)cc1.N=C=O. The van der Waals surface area contributed by atoms with Crippen molar-refractivity contribution in [1.29, 1.82) is 5.41 Å². The Morgan fingerprint density at radius 1 is 1.19 bits per heavy atom. The summed E-state index contributed by atoms with van der Waals surface area (Å²) in [6.45, 7) is 1.83. The number of nitrogens with zero attached hydrogens (tertiary/aromatic N) is 1. The Labute approximate surface area is 92.2 Å². The van der Waals surface area contributed by atoms with Crippen LogP contribution in [0.15, 0.2) is 33.6 Å². The number of rotatable bonds is 2. The molecule has 0 spiro atoms. The highest BCUT2D eigenvalue weighted by atomic mass is 32.2. The first-order chi connectivity index (χ1) is 7.47. The number of nitrogens with one attached hydrogen (secondary N) is 1. The molecule has 84 valence electrons. The van der Waals surface area contributed by atoms with Gasteiger partial charge in [0, 0.05) is 0 Å². The van der Waals surface area contributed by atoms with Crippen LogP contribution in [-0.4, -0.2) is 20.6 Å². The molecule has 0 atom stereocenters. The molecule has 0 aliphatic heterocycles. The molecule has 1 aromatic rings. The lowest BCUT2D eigenvalue weighted by atomic mass is 10.2. The molecule has 1 rings (SSSR count). The fourth-order valence-electron chi connectivity index (χ4n) is 0.812. The van der Waals surface area contributed by atoms with E-state index in [0.717, 1.165) is 17.7 Å². The third-order valence-electron chi connectivity index (χ3n) is 1.48. The molecule has 0 amide bonds. The van der Waals surface area contributed by atoms with Crippen molar-refractivity contribution in [3.8, 4) is 0 Å². The van der Waals surface area contributed by atoms with Crippen LogP contribution in [0.2, 0.25) is 0 Å². The second-order valence-corrected chi connectivity index (χ2v) is 4.18. The molecule has 6 nitrogen and oxygen atoms in total. The highest BCUT2D eigenvalue weighted by Crippen LogP contribution is 2.11. The number of hydrogen-bond donors (Lipinski definition) is 1. The number of hydrogen-bond acceptors (Lipinski definition) is 5. The number of benzene rings is 1. The van der Waals surface area contributed by atoms with Gasteiger partial charge in [0.2, 0.25) is 6.08 Å². The van der Waals surface area contributed by atoms with Gasteiger partial charge in [-0.25, -0.2) is 15.0 Å². The minimum absolute atomic E-state index is 0.00134. The van der Waals surface area contributed by atoms with E-state index in [-0.39, 0.29) is 4.90 Å². The minimum Gasteiger partial charge on any atom is -0.222 e. The Morgan fingerprint density at radius 3 is 2.00 bits per heavy atom. The quantitative estimate of drug-likeness (QED) is 0.612. The van der Waals surface area contributed by atoms with E-state index in [1.807, 2.05) is 6.92 Å². The van der Waals surface area contributed by atoms with Gasteiger partial charge in [-0.1, -0.05) is 22.1 Å². The van der Waals surface area contributed by atoms with Crippen LogP contribution in [0.1, 0.15) is 5.56 Å². The molecular formula is C9H8N2O4S. The molecule has 0 radical (unpaired) electrons. The highest BCUT2D eigenvalue weighted by Gasteiger charge is 2.10. The zero-order chi connectivity index (χ0) is 12.6. The molecule has 16 heavy (non-hydrogen) atoms. The van der Waals surface area contributed by atoms with Crippen LogP contribution in [0.3, 0.4) is 0 Å². The molecule has 1 N–H and O–H groups in total. The number of carbonyl (C=O) groups excluding carboxylic acids is 2. The van der Waals surface area contributed by atoms with Crippen LogP contribution in [-0.2, 0) is 19.6 Å². The number of sulfonamides is 1. The van der Waals surface area contributed by atoms with Crippen molar-refractivity contribution in [2.45, 2.75) is 11.8 Å². The van der Waals surface area contributed by atoms with E-state index in [4.69, 9.17) is 10.2 Å². The Hall–Kier alpha value is -2.07. The number of isocyanates is 2. The Morgan fingerprint density at radius 2 is 1.62 bits per heavy atom. The summed E-state index contributed by atoms with van der Waals surface area (Å²) in [4.78, 5) is 18.1. The van der Waals surface area contributed by atoms with Gasteiger partial charge in [0.15, 0.2) is 0 Å². The van der Waals surface area contributed by atoms with E-state index in [1.54, 1.807) is 12.1 Å². The molecule has 0 aliphatic rings. The Balaban J connectivity index is 0.000000673. The fraction of sp³-hybridized carbons (Fsp3) is 0.111. The first-order valence-corrected chi connectivity index (χ1v) is 5.36. The van der Waals surface area contributed by atoms with Gasteiger partial charge in [0.25, 0.3) is 16.1 Å². The van der Waals surface area contributed by atoms with Gasteiger partial charge in [0.05, 0.1) is 4.90 Å². The van der Waals surface area contributed by atoms with Crippen LogP contribution in [0.25, 0.3) is 0 Å². The maximum atomic E-state index is 11.1. The summed E-state index contributed by atoms with van der Waals surface area (Å²) in [5, 5.41) is 5.40. The molecule has 0 saturated carbocycles. The molecule has 0 saturated heterocycles. The Kier molecular flexibility index (Phi) is 5.59. The lowest BCUT2D eigenvalue weighted by Crippen LogP contribution is -1.95. The van der Waals surface area contributed by atoms with Gasteiger partial charge in [-0.3, -0.25) is 0 Å². The normalized spacial score (nSPS) is 9.06. The van der Waals surface area contributed by atoms with Crippen molar-refractivity contribution in [2.75, 3.05) is 0 Å². The second-order valence-electron chi connectivity index (χ2n) is 2.57. The summed E-state index contributed by atoms with van der Waals surface area (Å²) in [7, 11) is -3.83. The summed E-state index contributed by atoms with van der Waals surface area (Å²) in [5.41, 5.74) is 0.939. The molecule has 0 aromatic heterocycles. The van der Waals surface area contributed by atoms with Gasteiger partial charge >= 0.3 is 0 Å². The van der Waals surface area contributed by atoms with Gasteiger partial charge in [-0.15, -0.1) is 0 Å². The van der Waals surface area contributed by atoms with Crippen molar-refractivity contribution in [1.82, 2.24) is 0 Å². The standard InChI is InChI=1S/C8H7NO3S.CHNO/c1-7-2-4-8(5-3-7)13(11,12)9-6-10;2-1-3/h2-5H,1H3;2H. The lowest BCUT2D eigenvalue weighted by molar-refractivity contribution is 0.562. The maximum Gasteiger partial charge on any atom is 0.292 e. The van der Waals surface area contributed by atoms with Crippen LogP contribution < -0.4 is 0 Å². The van der Waals surface area contributed by atoms with Crippen molar-refractivity contribution >= 4 is 22.2 Å². The smallest absolute Gasteiger partial charge is 0.222 e. The molecule has 0 heterocycles. The summed E-state index contributed by atoms with van der Waals surface area (Å²) < 4.78 is 25.0. The molecular weight excluding hydrogens is 232 g/mol. The second kappa shape index (κ2) is 6.42. The first kappa shape index (κ1) is 13.9. The van der Waals surface area contributed by atoms with E-state index >= 15 is 0 Å². The largest absolute Gasteiger partial charge is 0.292 e. The summed E-state index contributed by atoms with van der Waals surface area (Å²) in [5.74, 6) is 0. The third-order valence-corrected chi connectivity index (χ3v) is 2.66. The van der Waals surface area contributed by atoms with Crippen molar-refractivity contribution < 1.29 is 18.0 Å². The number of aryl methyl sites for hydroxylation is 1. The molecule has 0 bridgehead atoms. The van der Waals surface area contributed by atoms with Crippen molar-refractivity contribution in [3.05, 3.63) is 29.8 Å². The van der Waals surface area contributed by atoms with Gasteiger partial charge < -0.3 is 0 Å². The average Bonchev–Trinajstić information content (AvgIpc) is 2.19. The summed E-state index contributed by atoms with van der Waals surface area (Å²) in [6, 6.07) is 6.05. The lowest BCUT2D eigenvalue weighted by Gasteiger charge is -1.96. The topological polar surface area (TPSA) is 104 Å². The van der Waals surface area contributed by atoms with E-state index in [2.05, 4.69) is 4.40 Å². The summed E-state index contributed by atoms with van der Waals surface area (Å²) >= 11 is 0. The van der Waals surface area contributed by atoms with E-state index in [0.29, 0.717) is 0 Å². The molecule has 7 heteroatoms. The molecule has 0 aliphatic carbocycles. The predicted molar refractivity (Wildman–Crippen MR) is 54.9 cm³/mol. The molecule has 1 aromatic carbocycles. The van der Waals surface area contributed by atoms with Gasteiger partial charge in [-0.05, 0) is 19.1 Å². The van der Waals surface area contributed by atoms with Gasteiger partial charge in [0.1, 0.15) is 0 Å². The molecule has 0 unspecified atom stereocenters. The third kappa shape index (κ3) is 4.43. The zero-order valence-corrected chi connectivity index (χ0v) is 9.11. The van der Waals surface area contributed by atoms with Crippen LogP contribution in [0, 0.1) is 12.3 Å². The summed E-state index contributed by atoms with van der Waals surface area (Å²) in [6.07, 6.45) is 1.76. The van der Waals surface area contributed by atoms with E-state index < -0.39 is 10.0 Å². The zero-order valence-electron chi connectivity index (χ0n) is 8.30. The monoisotopic (exact) mass is 240 g/mol. The van der Waals surface area contributed by atoms with Crippen molar-refractivity contribution in [2.24, 2.45) is 4.40 Å². The van der Waals surface area contributed by atoms with Gasteiger partial charge in [-0.2, -0.15) is 8.42 Å². The maximum absolute atomic E-state index is 11.1. The highest BCUT2D eigenvalue weighted by molar-refractivity contribution is 7.90. The van der Waals surface area contributed by atoms with Crippen molar-refractivity contribution in [3.63, 3.8) is 0 Å². The Bertz CT molecular complexity index is 521. The fourth-order valence-corrected chi connectivity index (χ4v) is 1.50. The first-order valence-electron chi connectivity index (χ1n) is 3.92. The molecule has 0 fully saturated rings. The average molecular weight is 240 g/mol. The van der Waals surface area contributed by atoms with Crippen LogP contribution >= 0.6 is 0 Å². The van der Waals surface area contributed by atoms with Crippen LogP contribution in [0.5, 0.6) is 0 Å². The van der Waals surface area contributed by atoms with E-state index in [1.165, 1.54) is 12.1 Å². The predicted octanol–water partition coefficient (Wildman–Crippen LogP) is 0.920.